The highest BCUT2D eigenvalue weighted by atomic mass is 19.1. The van der Waals surface area contributed by atoms with Crippen LogP contribution in [-0.2, 0) is 22.6 Å². The Morgan fingerprint density at radius 3 is 2.64 bits per heavy atom. The molecule has 0 radical (unpaired) electrons. The number of amides is 2. The summed E-state index contributed by atoms with van der Waals surface area (Å²) in [6.45, 7) is 2.65. The monoisotopic (exact) mass is 381 g/mol. The molecule has 146 valence electrons. The van der Waals surface area contributed by atoms with E-state index in [4.69, 9.17) is 0 Å². The van der Waals surface area contributed by atoms with Crippen LogP contribution in [0.15, 0.2) is 48.8 Å². The molecule has 0 bridgehead atoms. The molecule has 2 saturated heterocycles. The molecule has 1 spiro atoms. The highest BCUT2D eigenvalue weighted by Gasteiger charge is 2.45. The summed E-state index contributed by atoms with van der Waals surface area (Å²) in [5.74, 6) is -0.110. The second-order valence-corrected chi connectivity index (χ2v) is 7.98. The van der Waals surface area contributed by atoms with Crippen molar-refractivity contribution in [1.82, 2.24) is 14.8 Å². The maximum absolute atomic E-state index is 13.3. The van der Waals surface area contributed by atoms with Gasteiger partial charge in [-0.25, -0.2) is 4.39 Å². The molecule has 2 aromatic rings. The van der Waals surface area contributed by atoms with Gasteiger partial charge < -0.3 is 9.80 Å². The summed E-state index contributed by atoms with van der Waals surface area (Å²) in [5, 5.41) is 0. The molecule has 0 aliphatic carbocycles. The molecule has 4 rings (SSSR count). The Morgan fingerprint density at radius 2 is 1.93 bits per heavy atom. The summed E-state index contributed by atoms with van der Waals surface area (Å²) < 4.78 is 13.3. The second-order valence-electron chi connectivity index (χ2n) is 7.98. The minimum atomic E-state index is -0.318. The van der Waals surface area contributed by atoms with Gasteiger partial charge >= 0.3 is 0 Å². The largest absolute Gasteiger partial charge is 0.342 e. The van der Waals surface area contributed by atoms with Crippen LogP contribution in [0.1, 0.15) is 30.4 Å². The second kappa shape index (κ2) is 7.70. The molecule has 2 aliphatic rings. The van der Waals surface area contributed by atoms with Crippen LogP contribution in [0.5, 0.6) is 0 Å². The number of hydrogen-bond acceptors (Lipinski definition) is 3. The Kier molecular flexibility index (Phi) is 5.11. The van der Waals surface area contributed by atoms with Crippen LogP contribution < -0.4 is 0 Å². The van der Waals surface area contributed by atoms with Crippen molar-refractivity contribution in [2.75, 3.05) is 19.6 Å². The van der Waals surface area contributed by atoms with Crippen LogP contribution in [-0.4, -0.2) is 46.2 Å². The first-order valence-corrected chi connectivity index (χ1v) is 9.72. The summed E-state index contributed by atoms with van der Waals surface area (Å²) in [6.07, 6.45) is 5.96. The summed E-state index contributed by atoms with van der Waals surface area (Å²) in [4.78, 5) is 33.0. The lowest BCUT2D eigenvalue weighted by atomic mass is 9.77. The minimum Gasteiger partial charge on any atom is -0.342 e. The van der Waals surface area contributed by atoms with Crippen molar-refractivity contribution < 1.29 is 14.0 Å². The standard InChI is InChI=1S/C22H24FN3O2/c23-19-5-1-3-17(11-19)12-20(27)25-9-6-22(7-10-25)13-21(28)26(16-22)15-18-4-2-8-24-14-18/h1-5,8,11,14H,6-7,9-10,12-13,15-16H2. The lowest BCUT2D eigenvalue weighted by molar-refractivity contribution is -0.132. The molecule has 0 saturated carbocycles. The average Bonchev–Trinajstić information content (AvgIpc) is 2.98. The fraction of sp³-hybridized carbons (Fsp3) is 0.409. The van der Waals surface area contributed by atoms with Gasteiger partial charge in [-0.15, -0.1) is 0 Å². The van der Waals surface area contributed by atoms with Gasteiger partial charge in [-0.3, -0.25) is 14.6 Å². The third-order valence-electron chi connectivity index (χ3n) is 5.92. The van der Waals surface area contributed by atoms with Crippen molar-refractivity contribution in [3.8, 4) is 0 Å². The molecule has 0 unspecified atom stereocenters. The van der Waals surface area contributed by atoms with Gasteiger partial charge in [0.25, 0.3) is 0 Å². The van der Waals surface area contributed by atoms with E-state index in [0.29, 0.717) is 31.6 Å². The number of piperidine rings is 1. The first-order chi connectivity index (χ1) is 13.5. The van der Waals surface area contributed by atoms with Crippen molar-refractivity contribution in [2.24, 2.45) is 5.41 Å². The fourth-order valence-corrected chi connectivity index (χ4v) is 4.34. The van der Waals surface area contributed by atoms with E-state index in [1.54, 1.807) is 24.5 Å². The molecule has 1 aromatic carbocycles. The number of nitrogens with zero attached hydrogens (tertiary/aromatic N) is 3. The van der Waals surface area contributed by atoms with Gasteiger partial charge in [0.2, 0.25) is 11.8 Å². The smallest absolute Gasteiger partial charge is 0.226 e. The van der Waals surface area contributed by atoms with Gasteiger partial charge in [-0.05, 0) is 42.2 Å². The van der Waals surface area contributed by atoms with Gasteiger partial charge in [0.1, 0.15) is 5.82 Å². The maximum atomic E-state index is 13.3. The van der Waals surface area contributed by atoms with Gasteiger partial charge in [-0.1, -0.05) is 18.2 Å². The number of rotatable bonds is 4. The number of likely N-dealkylation sites (tertiary alicyclic amines) is 2. The Hall–Kier alpha value is -2.76. The SMILES string of the molecule is O=C(Cc1cccc(F)c1)N1CCC2(CC1)CC(=O)N(Cc1cccnc1)C2. The zero-order valence-electron chi connectivity index (χ0n) is 15.8. The third kappa shape index (κ3) is 4.06. The van der Waals surface area contributed by atoms with Crippen LogP contribution in [0, 0.1) is 11.2 Å². The quantitative estimate of drug-likeness (QED) is 0.818. The lowest BCUT2D eigenvalue weighted by Crippen LogP contribution is -2.44. The fourth-order valence-electron chi connectivity index (χ4n) is 4.34. The molecule has 6 heteroatoms. The number of halogens is 1. The Labute approximate surface area is 164 Å². The molecule has 2 amide bonds. The van der Waals surface area contributed by atoms with Crippen LogP contribution >= 0.6 is 0 Å². The third-order valence-corrected chi connectivity index (χ3v) is 5.92. The summed E-state index contributed by atoms with van der Waals surface area (Å²) in [6, 6.07) is 10.1. The summed E-state index contributed by atoms with van der Waals surface area (Å²) >= 11 is 0. The van der Waals surface area contributed by atoms with Crippen molar-refractivity contribution in [1.29, 1.82) is 0 Å². The zero-order valence-corrected chi connectivity index (χ0v) is 15.8. The van der Waals surface area contributed by atoms with Crippen molar-refractivity contribution in [3.05, 3.63) is 65.7 Å². The molecular formula is C22H24FN3O2. The lowest BCUT2D eigenvalue weighted by Gasteiger charge is -2.39. The molecule has 0 N–H and O–H groups in total. The Morgan fingerprint density at radius 1 is 1.14 bits per heavy atom. The average molecular weight is 381 g/mol. The molecule has 2 aliphatic heterocycles. The van der Waals surface area contributed by atoms with E-state index >= 15 is 0 Å². The number of pyridine rings is 1. The highest BCUT2D eigenvalue weighted by molar-refractivity contribution is 5.80. The van der Waals surface area contributed by atoms with Gasteiger partial charge in [-0.2, -0.15) is 0 Å². The first-order valence-electron chi connectivity index (χ1n) is 9.72. The van der Waals surface area contributed by atoms with Crippen LogP contribution in [0.4, 0.5) is 4.39 Å². The van der Waals surface area contributed by atoms with E-state index < -0.39 is 0 Å². The van der Waals surface area contributed by atoms with E-state index in [0.717, 1.165) is 24.9 Å². The normalized spacial score (nSPS) is 18.7. The van der Waals surface area contributed by atoms with E-state index in [-0.39, 0.29) is 29.5 Å². The van der Waals surface area contributed by atoms with Crippen LogP contribution in [0.2, 0.25) is 0 Å². The number of hydrogen-bond donors (Lipinski definition) is 0. The Bertz CT molecular complexity index is 863. The van der Waals surface area contributed by atoms with E-state index in [2.05, 4.69) is 4.98 Å². The van der Waals surface area contributed by atoms with Crippen LogP contribution in [0.25, 0.3) is 0 Å². The molecule has 3 heterocycles. The van der Waals surface area contributed by atoms with Crippen molar-refractivity contribution in [2.45, 2.75) is 32.2 Å². The first kappa shape index (κ1) is 18.6. The van der Waals surface area contributed by atoms with E-state index in [9.17, 15) is 14.0 Å². The summed E-state index contributed by atoms with van der Waals surface area (Å²) in [5.41, 5.74) is 1.70. The molecule has 2 fully saturated rings. The number of carbonyl (C=O) groups is 2. The topological polar surface area (TPSA) is 53.5 Å². The molecular weight excluding hydrogens is 357 g/mol. The van der Waals surface area contributed by atoms with Crippen molar-refractivity contribution >= 4 is 11.8 Å². The predicted molar refractivity (Wildman–Crippen MR) is 103 cm³/mol. The number of benzene rings is 1. The van der Waals surface area contributed by atoms with Crippen LogP contribution in [0.3, 0.4) is 0 Å². The van der Waals surface area contributed by atoms with Gasteiger partial charge in [0.05, 0.1) is 6.42 Å². The summed E-state index contributed by atoms with van der Waals surface area (Å²) in [7, 11) is 0. The molecule has 28 heavy (non-hydrogen) atoms. The molecule has 5 nitrogen and oxygen atoms in total. The van der Waals surface area contributed by atoms with E-state index in [1.807, 2.05) is 21.9 Å². The molecule has 1 aromatic heterocycles. The zero-order chi connectivity index (χ0) is 19.6. The van der Waals surface area contributed by atoms with Gasteiger partial charge in [0, 0.05) is 50.4 Å². The number of carbonyl (C=O) groups excluding carboxylic acids is 2. The molecule has 0 atom stereocenters. The predicted octanol–water partition coefficient (Wildman–Crippen LogP) is 2.80. The Balaban J connectivity index is 1.33. The van der Waals surface area contributed by atoms with E-state index in [1.165, 1.54) is 12.1 Å². The highest BCUT2D eigenvalue weighted by Crippen LogP contribution is 2.41. The van der Waals surface area contributed by atoms with Crippen molar-refractivity contribution in [3.63, 3.8) is 0 Å². The van der Waals surface area contributed by atoms with Gasteiger partial charge in [0.15, 0.2) is 0 Å². The number of aromatic nitrogens is 1. The maximum Gasteiger partial charge on any atom is 0.226 e. The minimum absolute atomic E-state index is 0.0250.